The lowest BCUT2D eigenvalue weighted by molar-refractivity contribution is -0.384. The van der Waals surface area contributed by atoms with Crippen LogP contribution in [0, 0.1) is 10.1 Å². The van der Waals surface area contributed by atoms with Gasteiger partial charge in [-0.15, -0.1) is 0 Å². The summed E-state index contributed by atoms with van der Waals surface area (Å²) < 4.78 is 6.87. The Hall–Kier alpha value is -4.05. The summed E-state index contributed by atoms with van der Waals surface area (Å²) in [5.74, 6) is -0.757. The SMILES string of the molecule is CCOC(=O)C1=C(C)N=c2sc(=Cc3cc([N+](=O)[O-])ccc3O)c(=O)n2C1c1ccccc1. The number of hydrogen-bond acceptors (Lipinski definition) is 8. The van der Waals surface area contributed by atoms with Crippen LogP contribution < -0.4 is 14.9 Å². The molecule has 4 rings (SSSR count). The van der Waals surface area contributed by atoms with Crippen molar-refractivity contribution in [1.82, 2.24) is 4.57 Å². The first-order valence-corrected chi connectivity index (χ1v) is 10.9. The zero-order valence-corrected chi connectivity index (χ0v) is 18.5. The maximum Gasteiger partial charge on any atom is 0.338 e. The summed E-state index contributed by atoms with van der Waals surface area (Å²) in [6.45, 7) is 3.56. The number of phenols is 1. The first-order valence-electron chi connectivity index (χ1n) is 10.0. The van der Waals surface area contributed by atoms with Gasteiger partial charge >= 0.3 is 5.97 Å². The van der Waals surface area contributed by atoms with Gasteiger partial charge < -0.3 is 9.84 Å². The monoisotopic (exact) mass is 465 g/mol. The number of thiazole rings is 1. The Morgan fingerprint density at radius 3 is 2.70 bits per heavy atom. The predicted octanol–water partition coefficient (Wildman–Crippen LogP) is 2.41. The van der Waals surface area contributed by atoms with Crippen molar-refractivity contribution in [3.05, 3.63) is 101 Å². The molecule has 0 radical (unpaired) electrons. The third kappa shape index (κ3) is 4.08. The number of allylic oxidation sites excluding steroid dienone is 1. The molecule has 2 aromatic carbocycles. The van der Waals surface area contributed by atoms with E-state index in [9.17, 15) is 24.8 Å². The summed E-state index contributed by atoms with van der Waals surface area (Å²) >= 11 is 1.07. The van der Waals surface area contributed by atoms with E-state index in [1.165, 1.54) is 28.8 Å². The van der Waals surface area contributed by atoms with Crippen LogP contribution in [0.2, 0.25) is 0 Å². The number of nitro benzene ring substituents is 1. The van der Waals surface area contributed by atoms with Gasteiger partial charge in [0.15, 0.2) is 4.80 Å². The number of carbonyl (C=O) groups is 1. The van der Waals surface area contributed by atoms with Crippen molar-refractivity contribution in [1.29, 1.82) is 0 Å². The molecule has 1 N–H and O–H groups in total. The lowest BCUT2D eigenvalue weighted by Crippen LogP contribution is -2.39. The van der Waals surface area contributed by atoms with E-state index in [4.69, 9.17) is 4.74 Å². The number of hydrogen-bond donors (Lipinski definition) is 1. The van der Waals surface area contributed by atoms with Crippen LogP contribution in [0.15, 0.2) is 69.6 Å². The van der Waals surface area contributed by atoms with Crippen LogP contribution in [0.5, 0.6) is 5.75 Å². The molecule has 3 aromatic rings. The predicted molar refractivity (Wildman–Crippen MR) is 122 cm³/mol. The van der Waals surface area contributed by atoms with E-state index in [2.05, 4.69) is 4.99 Å². The number of rotatable bonds is 5. The quantitative estimate of drug-likeness (QED) is 0.351. The minimum absolute atomic E-state index is 0.132. The summed E-state index contributed by atoms with van der Waals surface area (Å²) in [5, 5.41) is 21.3. The number of aromatic nitrogens is 1. The molecule has 1 aromatic heterocycles. The molecule has 0 saturated carbocycles. The molecule has 0 fully saturated rings. The summed E-state index contributed by atoms with van der Waals surface area (Å²) in [5.41, 5.74) is 0.892. The van der Waals surface area contributed by atoms with Gasteiger partial charge in [0, 0.05) is 17.7 Å². The van der Waals surface area contributed by atoms with Crippen LogP contribution in [0.3, 0.4) is 0 Å². The van der Waals surface area contributed by atoms with Crippen molar-refractivity contribution in [3.63, 3.8) is 0 Å². The fraction of sp³-hybridized carbons (Fsp3) is 0.174. The molecule has 1 atom stereocenters. The number of aromatic hydroxyl groups is 1. The molecule has 1 aliphatic rings. The highest BCUT2D eigenvalue weighted by atomic mass is 32.1. The summed E-state index contributed by atoms with van der Waals surface area (Å²) in [6, 6.07) is 11.9. The Bertz CT molecular complexity index is 1470. The van der Waals surface area contributed by atoms with Gasteiger partial charge in [0.05, 0.1) is 33.4 Å². The van der Waals surface area contributed by atoms with Gasteiger partial charge in [-0.1, -0.05) is 41.7 Å². The fourth-order valence-corrected chi connectivity index (χ4v) is 4.69. The van der Waals surface area contributed by atoms with Crippen molar-refractivity contribution in [2.75, 3.05) is 6.61 Å². The highest BCUT2D eigenvalue weighted by Crippen LogP contribution is 2.30. The van der Waals surface area contributed by atoms with Gasteiger partial charge in [-0.05, 0) is 31.6 Å². The standard InChI is InChI=1S/C23H19N3O6S/c1-3-32-22(29)19-13(2)24-23-25(20(19)14-7-5-4-6-8-14)21(28)18(33-23)12-15-11-16(26(30)31)9-10-17(15)27/h4-12,20,27H,3H2,1-2H3. The number of nitrogens with zero attached hydrogens (tertiary/aromatic N) is 3. The van der Waals surface area contributed by atoms with Crippen LogP contribution >= 0.6 is 11.3 Å². The minimum Gasteiger partial charge on any atom is -0.507 e. The van der Waals surface area contributed by atoms with Crippen LogP contribution in [0.4, 0.5) is 5.69 Å². The first kappa shape index (κ1) is 22.2. The van der Waals surface area contributed by atoms with Crippen LogP contribution in [-0.2, 0) is 9.53 Å². The highest BCUT2D eigenvalue weighted by molar-refractivity contribution is 7.07. The second-order valence-electron chi connectivity index (χ2n) is 7.21. The Labute approximate surface area is 191 Å². The molecule has 0 saturated heterocycles. The van der Waals surface area contributed by atoms with Gasteiger partial charge in [0.1, 0.15) is 5.75 Å². The molecular weight excluding hydrogens is 446 g/mol. The normalized spacial score (nSPS) is 15.7. The lowest BCUT2D eigenvalue weighted by Gasteiger charge is -2.24. The molecule has 0 aliphatic carbocycles. The van der Waals surface area contributed by atoms with Gasteiger partial charge in [0.25, 0.3) is 11.2 Å². The van der Waals surface area contributed by atoms with Crippen molar-refractivity contribution < 1.29 is 19.6 Å². The molecule has 1 aliphatic heterocycles. The lowest BCUT2D eigenvalue weighted by atomic mass is 9.96. The Kier molecular flexibility index (Phi) is 5.93. The maximum atomic E-state index is 13.5. The van der Waals surface area contributed by atoms with Gasteiger partial charge in [-0.2, -0.15) is 0 Å². The number of phenolic OH excluding ortho intramolecular Hbond substituents is 1. The smallest absolute Gasteiger partial charge is 0.338 e. The van der Waals surface area contributed by atoms with Crippen molar-refractivity contribution in [2.45, 2.75) is 19.9 Å². The summed E-state index contributed by atoms with van der Waals surface area (Å²) in [7, 11) is 0. The maximum absolute atomic E-state index is 13.5. The Morgan fingerprint density at radius 1 is 1.30 bits per heavy atom. The number of fused-ring (bicyclic) bond motifs is 1. The number of esters is 1. The molecule has 0 amide bonds. The molecule has 0 spiro atoms. The average molecular weight is 465 g/mol. The molecule has 168 valence electrons. The van der Waals surface area contributed by atoms with Gasteiger partial charge in [-0.3, -0.25) is 19.5 Å². The van der Waals surface area contributed by atoms with Gasteiger partial charge in [-0.25, -0.2) is 9.79 Å². The molecule has 33 heavy (non-hydrogen) atoms. The van der Waals surface area contributed by atoms with Crippen LogP contribution in [-0.4, -0.2) is 27.2 Å². The van der Waals surface area contributed by atoms with Crippen molar-refractivity contribution in [2.24, 2.45) is 4.99 Å². The number of carbonyl (C=O) groups excluding carboxylic acids is 1. The topological polar surface area (TPSA) is 124 Å². The van der Waals surface area contributed by atoms with Crippen LogP contribution in [0.25, 0.3) is 6.08 Å². The zero-order chi connectivity index (χ0) is 23.7. The third-order valence-electron chi connectivity index (χ3n) is 5.14. The van der Waals surface area contributed by atoms with Gasteiger partial charge in [0.2, 0.25) is 0 Å². The van der Waals surface area contributed by atoms with E-state index in [1.54, 1.807) is 13.8 Å². The second kappa shape index (κ2) is 8.83. The third-order valence-corrected chi connectivity index (χ3v) is 6.12. The number of benzene rings is 2. The number of ether oxygens (including phenoxy) is 1. The molecule has 9 nitrogen and oxygen atoms in total. The van der Waals surface area contributed by atoms with E-state index in [1.807, 2.05) is 30.3 Å². The zero-order valence-electron chi connectivity index (χ0n) is 17.7. The number of nitro groups is 1. The van der Waals surface area contributed by atoms with Crippen molar-refractivity contribution in [3.8, 4) is 5.75 Å². The van der Waals surface area contributed by atoms with Crippen molar-refractivity contribution >= 4 is 29.1 Å². The van der Waals surface area contributed by atoms with E-state index in [-0.39, 0.29) is 33.7 Å². The molecule has 10 heteroatoms. The average Bonchev–Trinajstić information content (AvgIpc) is 3.09. The minimum atomic E-state index is -0.748. The van der Waals surface area contributed by atoms with E-state index < -0.39 is 22.5 Å². The Morgan fingerprint density at radius 2 is 2.03 bits per heavy atom. The molecule has 2 heterocycles. The molecule has 0 bridgehead atoms. The molecule has 1 unspecified atom stereocenters. The van der Waals surface area contributed by atoms with Crippen LogP contribution in [0.1, 0.15) is 31.0 Å². The molecular formula is C23H19N3O6S. The highest BCUT2D eigenvalue weighted by Gasteiger charge is 2.33. The summed E-state index contributed by atoms with van der Waals surface area (Å²) in [4.78, 5) is 41.6. The summed E-state index contributed by atoms with van der Waals surface area (Å²) in [6.07, 6.45) is 1.39. The fourth-order valence-electron chi connectivity index (χ4n) is 3.65. The number of non-ortho nitro benzene ring substituents is 1. The van der Waals surface area contributed by atoms with E-state index in [0.29, 0.717) is 16.1 Å². The largest absolute Gasteiger partial charge is 0.507 e. The Balaban J connectivity index is 1.96. The second-order valence-corrected chi connectivity index (χ2v) is 8.22. The van der Waals surface area contributed by atoms with E-state index >= 15 is 0 Å². The first-order chi connectivity index (χ1) is 15.8. The van der Waals surface area contributed by atoms with E-state index in [0.717, 1.165) is 11.3 Å².